The Bertz CT molecular complexity index is 453. The maximum atomic E-state index is 13.5. The molecule has 0 aromatic heterocycles. The number of thioether (sulfide) groups is 1. The second-order valence-corrected chi connectivity index (χ2v) is 5.98. The predicted octanol–water partition coefficient (Wildman–Crippen LogP) is 3.09. The highest BCUT2D eigenvalue weighted by atomic mass is 32.2. The number of carbonyl (C=O) groups is 1. The molecule has 2 atom stereocenters. The molecule has 2 unspecified atom stereocenters. The van der Waals surface area contributed by atoms with Gasteiger partial charge in [-0.2, -0.15) is 11.8 Å². The number of anilines is 2. The second-order valence-electron chi connectivity index (χ2n) is 4.49. The van der Waals surface area contributed by atoms with Gasteiger partial charge in [-0.05, 0) is 30.4 Å². The highest BCUT2D eigenvalue weighted by Gasteiger charge is 2.23. The van der Waals surface area contributed by atoms with Gasteiger partial charge in [0, 0.05) is 23.9 Å². The predicted molar refractivity (Wildman–Crippen MR) is 74.7 cm³/mol. The van der Waals surface area contributed by atoms with Crippen LogP contribution in [0.2, 0.25) is 0 Å². The van der Waals surface area contributed by atoms with E-state index in [1.165, 1.54) is 13.0 Å². The molecule has 0 spiro atoms. The Hall–Kier alpha value is -1.23. The van der Waals surface area contributed by atoms with Gasteiger partial charge in [0.25, 0.3) is 0 Å². The third-order valence-electron chi connectivity index (χ3n) is 3.01. The largest absolute Gasteiger partial charge is 0.381 e. The van der Waals surface area contributed by atoms with E-state index in [0.717, 1.165) is 17.9 Å². The molecule has 1 fully saturated rings. The number of halogens is 1. The second kappa shape index (κ2) is 5.61. The molecule has 0 bridgehead atoms. The Morgan fingerprint density at radius 3 is 2.89 bits per heavy atom. The minimum Gasteiger partial charge on any atom is -0.381 e. The van der Waals surface area contributed by atoms with E-state index < -0.39 is 5.82 Å². The topological polar surface area (TPSA) is 41.1 Å². The van der Waals surface area contributed by atoms with Crippen LogP contribution >= 0.6 is 11.8 Å². The van der Waals surface area contributed by atoms with Crippen molar-refractivity contribution in [1.29, 1.82) is 0 Å². The van der Waals surface area contributed by atoms with Crippen molar-refractivity contribution >= 4 is 29.0 Å². The molecule has 98 valence electrons. The van der Waals surface area contributed by atoms with Crippen LogP contribution in [0.25, 0.3) is 0 Å². The molecule has 1 heterocycles. The summed E-state index contributed by atoms with van der Waals surface area (Å²) in [6.45, 7) is 3.56. The summed E-state index contributed by atoms with van der Waals surface area (Å²) >= 11 is 1.94. The zero-order chi connectivity index (χ0) is 13.1. The first kappa shape index (κ1) is 13.2. The van der Waals surface area contributed by atoms with E-state index in [2.05, 4.69) is 17.6 Å². The van der Waals surface area contributed by atoms with Crippen molar-refractivity contribution in [2.24, 2.45) is 0 Å². The van der Waals surface area contributed by atoms with Gasteiger partial charge in [0.1, 0.15) is 5.82 Å². The number of benzene rings is 1. The van der Waals surface area contributed by atoms with Crippen LogP contribution in [0.15, 0.2) is 18.2 Å². The van der Waals surface area contributed by atoms with Gasteiger partial charge in [-0.3, -0.25) is 4.79 Å². The quantitative estimate of drug-likeness (QED) is 0.885. The summed E-state index contributed by atoms with van der Waals surface area (Å²) in [4.78, 5) is 11.0. The van der Waals surface area contributed by atoms with Gasteiger partial charge in [-0.1, -0.05) is 6.92 Å². The highest BCUT2D eigenvalue weighted by molar-refractivity contribution is 8.00. The molecule has 0 saturated carbocycles. The molecule has 0 aliphatic carbocycles. The molecule has 5 heteroatoms. The summed E-state index contributed by atoms with van der Waals surface area (Å²) in [5.41, 5.74) is 1.07. The Kier molecular flexibility index (Phi) is 4.11. The number of amides is 1. The lowest BCUT2D eigenvalue weighted by molar-refractivity contribution is -0.114. The molecule has 3 nitrogen and oxygen atoms in total. The van der Waals surface area contributed by atoms with Crippen LogP contribution in [0.1, 0.15) is 20.3 Å². The lowest BCUT2D eigenvalue weighted by Gasteiger charge is -2.18. The summed E-state index contributed by atoms with van der Waals surface area (Å²) in [7, 11) is 0. The molecular weight excluding hydrogens is 251 g/mol. The molecule has 1 aliphatic heterocycles. The van der Waals surface area contributed by atoms with Crippen LogP contribution in [0.3, 0.4) is 0 Å². The number of rotatable bonds is 3. The van der Waals surface area contributed by atoms with E-state index in [1.807, 2.05) is 11.8 Å². The van der Waals surface area contributed by atoms with Crippen molar-refractivity contribution in [2.45, 2.75) is 31.6 Å². The summed E-state index contributed by atoms with van der Waals surface area (Å²) in [5, 5.41) is 6.44. The van der Waals surface area contributed by atoms with Crippen molar-refractivity contribution < 1.29 is 9.18 Å². The Balaban J connectivity index is 2.11. The van der Waals surface area contributed by atoms with Crippen molar-refractivity contribution in [2.75, 3.05) is 16.4 Å². The van der Waals surface area contributed by atoms with Crippen molar-refractivity contribution in [3.05, 3.63) is 24.0 Å². The van der Waals surface area contributed by atoms with E-state index >= 15 is 0 Å². The molecule has 18 heavy (non-hydrogen) atoms. The summed E-state index contributed by atoms with van der Waals surface area (Å²) in [5.74, 6) is 0.471. The van der Waals surface area contributed by atoms with Gasteiger partial charge in [-0.15, -0.1) is 0 Å². The first-order valence-electron chi connectivity index (χ1n) is 6.01. The van der Waals surface area contributed by atoms with Crippen molar-refractivity contribution in [3.8, 4) is 0 Å². The van der Waals surface area contributed by atoms with E-state index in [4.69, 9.17) is 0 Å². The summed E-state index contributed by atoms with van der Waals surface area (Å²) < 4.78 is 13.5. The normalized spacial score (nSPS) is 22.8. The minimum atomic E-state index is -0.412. The molecular formula is C13H17FN2OS. The van der Waals surface area contributed by atoms with Crippen molar-refractivity contribution in [1.82, 2.24) is 0 Å². The fraction of sp³-hybridized carbons (Fsp3) is 0.462. The fourth-order valence-electron chi connectivity index (χ4n) is 2.04. The van der Waals surface area contributed by atoms with Gasteiger partial charge in [0.15, 0.2) is 0 Å². The van der Waals surface area contributed by atoms with E-state index in [9.17, 15) is 9.18 Å². The van der Waals surface area contributed by atoms with Gasteiger partial charge in [0.2, 0.25) is 5.91 Å². The Morgan fingerprint density at radius 1 is 1.50 bits per heavy atom. The van der Waals surface area contributed by atoms with Crippen LogP contribution in [0.5, 0.6) is 0 Å². The Morgan fingerprint density at radius 2 is 2.28 bits per heavy atom. The van der Waals surface area contributed by atoms with Crippen LogP contribution in [0.4, 0.5) is 15.8 Å². The maximum absolute atomic E-state index is 13.5. The monoisotopic (exact) mass is 268 g/mol. The number of nitrogens with one attached hydrogen (secondary N) is 2. The highest BCUT2D eigenvalue weighted by Crippen LogP contribution is 2.29. The zero-order valence-corrected chi connectivity index (χ0v) is 11.3. The minimum absolute atomic E-state index is 0.228. The Labute approximate surface area is 111 Å². The molecule has 2 N–H and O–H groups in total. The van der Waals surface area contributed by atoms with Gasteiger partial charge >= 0.3 is 0 Å². The smallest absolute Gasteiger partial charge is 0.221 e. The fourth-order valence-corrected chi connectivity index (χ4v) is 3.23. The lowest BCUT2D eigenvalue weighted by Crippen LogP contribution is -2.24. The van der Waals surface area contributed by atoms with E-state index in [0.29, 0.717) is 11.3 Å². The molecule has 1 amide bonds. The molecule has 1 aromatic carbocycles. The van der Waals surface area contributed by atoms with Gasteiger partial charge in [-0.25, -0.2) is 4.39 Å². The third-order valence-corrected chi connectivity index (χ3v) is 4.33. The lowest BCUT2D eigenvalue weighted by atomic mass is 10.1. The molecule has 1 saturated heterocycles. The third kappa shape index (κ3) is 3.16. The van der Waals surface area contributed by atoms with E-state index in [-0.39, 0.29) is 11.6 Å². The first-order chi connectivity index (χ1) is 8.56. The number of hydrogen-bond donors (Lipinski definition) is 2. The van der Waals surface area contributed by atoms with Gasteiger partial charge in [0.05, 0.1) is 5.69 Å². The SMILES string of the molecule is CC(=O)Nc1cc(NC2CCSC2C)ccc1F. The molecule has 0 radical (unpaired) electrons. The average molecular weight is 268 g/mol. The van der Waals surface area contributed by atoms with Crippen molar-refractivity contribution in [3.63, 3.8) is 0 Å². The first-order valence-corrected chi connectivity index (χ1v) is 7.06. The molecule has 1 aliphatic rings. The molecule has 1 aromatic rings. The molecule has 2 rings (SSSR count). The standard InChI is InChI=1S/C13H17FN2OS/c1-8-12(5-6-18-8)16-10-3-4-11(14)13(7-10)15-9(2)17/h3-4,7-8,12,16H,5-6H2,1-2H3,(H,15,17). The summed E-state index contributed by atoms with van der Waals surface area (Å²) in [6, 6.07) is 5.13. The average Bonchev–Trinajstić information content (AvgIpc) is 2.69. The number of hydrogen-bond acceptors (Lipinski definition) is 3. The van der Waals surface area contributed by atoms with Crippen LogP contribution in [0, 0.1) is 5.82 Å². The van der Waals surface area contributed by atoms with E-state index in [1.54, 1.807) is 12.1 Å². The zero-order valence-electron chi connectivity index (χ0n) is 10.5. The number of carbonyl (C=O) groups excluding carboxylic acids is 1. The van der Waals surface area contributed by atoms with Crippen LogP contribution < -0.4 is 10.6 Å². The van der Waals surface area contributed by atoms with Crippen LogP contribution in [-0.2, 0) is 4.79 Å². The van der Waals surface area contributed by atoms with Crippen LogP contribution in [-0.4, -0.2) is 23.0 Å². The maximum Gasteiger partial charge on any atom is 0.221 e. The summed E-state index contributed by atoms with van der Waals surface area (Å²) in [6.07, 6.45) is 1.11. The van der Waals surface area contributed by atoms with Gasteiger partial charge < -0.3 is 10.6 Å².